The van der Waals surface area contributed by atoms with Crippen molar-refractivity contribution in [2.24, 2.45) is 0 Å². The van der Waals surface area contributed by atoms with E-state index >= 15 is 0 Å². The molecule has 6 aromatic carbocycles. The molecule has 0 unspecified atom stereocenters. The van der Waals surface area contributed by atoms with E-state index in [4.69, 9.17) is 0 Å². The Morgan fingerprint density at radius 2 is 0.711 bits per heavy atom. The van der Waals surface area contributed by atoms with Crippen LogP contribution >= 0.6 is 0 Å². The maximum absolute atomic E-state index is 2.28. The molecule has 0 N–H and O–H groups in total. The van der Waals surface area contributed by atoms with Crippen LogP contribution in [0.25, 0.3) is 57.0 Å². The van der Waals surface area contributed by atoms with Crippen LogP contribution in [0, 0.1) is 13.8 Å². The highest BCUT2D eigenvalue weighted by molar-refractivity contribution is 6.11. The number of rotatable bonds is 5. The molecule has 0 radical (unpaired) electrons. The maximum Gasteiger partial charge on any atom is -0.00206 e. The first-order chi connectivity index (χ1) is 18.7. The largest absolute Gasteiger partial charge is 0.0620 e. The highest BCUT2D eigenvalue weighted by Gasteiger charge is 2.15. The molecule has 6 aromatic rings. The van der Waals surface area contributed by atoms with Crippen molar-refractivity contribution >= 4 is 45.8 Å². The van der Waals surface area contributed by atoms with Crippen LogP contribution in [0.1, 0.15) is 33.4 Å². The van der Waals surface area contributed by atoms with Gasteiger partial charge in [-0.2, -0.15) is 0 Å². The summed E-state index contributed by atoms with van der Waals surface area (Å²) >= 11 is 0. The molecular weight excluding hydrogens is 456 g/mol. The van der Waals surface area contributed by atoms with Crippen molar-refractivity contribution in [2.45, 2.75) is 13.8 Å². The molecule has 0 saturated carbocycles. The minimum absolute atomic E-state index is 1.22. The Bertz CT molecular complexity index is 1690. The van der Waals surface area contributed by atoms with Gasteiger partial charge in [-0.3, -0.25) is 0 Å². The molecule has 0 amide bonds. The van der Waals surface area contributed by atoms with Gasteiger partial charge in [0.15, 0.2) is 0 Å². The van der Waals surface area contributed by atoms with Gasteiger partial charge in [-0.05, 0) is 79.9 Å². The molecule has 0 heterocycles. The number of aryl methyl sites for hydroxylation is 2. The van der Waals surface area contributed by atoms with Gasteiger partial charge in [-0.15, -0.1) is 0 Å². The van der Waals surface area contributed by atoms with E-state index in [2.05, 4.69) is 159 Å². The van der Waals surface area contributed by atoms with Gasteiger partial charge in [0, 0.05) is 0 Å². The molecule has 6 rings (SSSR count). The lowest BCUT2D eigenvalue weighted by molar-refractivity contribution is 1.45. The highest BCUT2D eigenvalue weighted by atomic mass is 14.2. The summed E-state index contributed by atoms with van der Waals surface area (Å²) in [6.07, 6.45) is 9.05. The lowest BCUT2D eigenvalue weighted by Crippen LogP contribution is -1.92. The molecule has 0 atom stereocenters. The second-order valence-electron chi connectivity index (χ2n) is 9.88. The minimum atomic E-state index is 1.22. The monoisotopic (exact) mass is 486 g/mol. The summed E-state index contributed by atoms with van der Waals surface area (Å²) in [6.45, 7) is 4.33. The van der Waals surface area contributed by atoms with Gasteiger partial charge < -0.3 is 0 Å². The Kier molecular flexibility index (Phi) is 6.46. The van der Waals surface area contributed by atoms with Crippen molar-refractivity contribution in [3.8, 4) is 11.1 Å². The van der Waals surface area contributed by atoms with E-state index in [1.54, 1.807) is 0 Å². The fourth-order valence-corrected chi connectivity index (χ4v) is 5.32. The Hall–Kier alpha value is -4.68. The fraction of sp³-hybridized carbons (Fsp3) is 0.0526. The first kappa shape index (κ1) is 23.7. The molecule has 182 valence electrons. The molecular formula is C38H30. The molecule has 0 bridgehead atoms. The molecule has 0 spiro atoms. The van der Waals surface area contributed by atoms with E-state index in [1.165, 1.54) is 66.1 Å². The molecule has 0 aromatic heterocycles. The summed E-state index contributed by atoms with van der Waals surface area (Å²) in [5.41, 5.74) is 10.0. The van der Waals surface area contributed by atoms with E-state index in [-0.39, 0.29) is 0 Å². The summed E-state index contributed by atoms with van der Waals surface area (Å²) in [5, 5.41) is 5.03. The van der Waals surface area contributed by atoms with Gasteiger partial charge >= 0.3 is 0 Å². The summed E-state index contributed by atoms with van der Waals surface area (Å²) in [4.78, 5) is 0. The van der Waals surface area contributed by atoms with Crippen molar-refractivity contribution in [3.63, 3.8) is 0 Å². The van der Waals surface area contributed by atoms with Crippen molar-refractivity contribution in [2.75, 3.05) is 0 Å². The molecule has 0 aliphatic rings. The standard InChI is InChI=1S/C38H30/c1-27-11-3-5-13-29(27)19-23-33-25-21-31-15-7-9-17-35(31)37(33)38-34(24-20-30-14-6-4-12-28(30)2)26-22-32-16-8-10-18-36(32)38/h3-26H,1-2H3/b23-19+,24-20+. The van der Waals surface area contributed by atoms with Crippen LogP contribution < -0.4 is 0 Å². The van der Waals surface area contributed by atoms with Gasteiger partial charge in [0.25, 0.3) is 0 Å². The lowest BCUT2D eigenvalue weighted by Gasteiger charge is -2.17. The average molecular weight is 487 g/mol. The molecule has 0 heteroatoms. The van der Waals surface area contributed by atoms with E-state index < -0.39 is 0 Å². The van der Waals surface area contributed by atoms with Crippen LogP contribution in [0.5, 0.6) is 0 Å². The zero-order valence-electron chi connectivity index (χ0n) is 21.9. The number of benzene rings is 6. The second kappa shape index (κ2) is 10.4. The number of fused-ring (bicyclic) bond motifs is 2. The van der Waals surface area contributed by atoms with Crippen LogP contribution in [0.15, 0.2) is 121 Å². The first-order valence-corrected chi connectivity index (χ1v) is 13.2. The third-order valence-electron chi connectivity index (χ3n) is 7.43. The number of hydrogen-bond acceptors (Lipinski definition) is 0. The molecule has 0 fully saturated rings. The van der Waals surface area contributed by atoms with Crippen molar-refractivity contribution in [1.29, 1.82) is 0 Å². The third-order valence-corrected chi connectivity index (χ3v) is 7.43. The molecule has 0 aliphatic heterocycles. The Morgan fingerprint density at radius 3 is 1.16 bits per heavy atom. The predicted molar refractivity (Wildman–Crippen MR) is 167 cm³/mol. The number of hydrogen-bond donors (Lipinski definition) is 0. The molecule has 0 saturated heterocycles. The lowest BCUT2D eigenvalue weighted by atomic mass is 9.86. The quantitative estimate of drug-likeness (QED) is 0.213. The molecule has 38 heavy (non-hydrogen) atoms. The van der Waals surface area contributed by atoms with Gasteiger partial charge in [-0.1, -0.05) is 146 Å². The van der Waals surface area contributed by atoms with Gasteiger partial charge in [0.1, 0.15) is 0 Å². The fourth-order valence-electron chi connectivity index (χ4n) is 5.32. The first-order valence-electron chi connectivity index (χ1n) is 13.2. The maximum atomic E-state index is 2.28. The van der Waals surface area contributed by atoms with Crippen LogP contribution in [0.4, 0.5) is 0 Å². The summed E-state index contributed by atoms with van der Waals surface area (Å²) < 4.78 is 0. The van der Waals surface area contributed by atoms with E-state index in [1.807, 2.05) is 0 Å². The van der Waals surface area contributed by atoms with Crippen LogP contribution in [0.2, 0.25) is 0 Å². The second-order valence-corrected chi connectivity index (χ2v) is 9.88. The zero-order chi connectivity index (χ0) is 25.9. The van der Waals surface area contributed by atoms with E-state index in [9.17, 15) is 0 Å². The Labute approximate surface area is 225 Å². The van der Waals surface area contributed by atoms with Crippen molar-refractivity contribution < 1.29 is 0 Å². The minimum Gasteiger partial charge on any atom is -0.0620 e. The topological polar surface area (TPSA) is 0 Å². The van der Waals surface area contributed by atoms with Crippen molar-refractivity contribution in [3.05, 3.63) is 155 Å². The third kappa shape index (κ3) is 4.58. The normalized spacial score (nSPS) is 11.7. The predicted octanol–water partition coefficient (Wildman–Crippen LogP) is 10.6. The van der Waals surface area contributed by atoms with Crippen LogP contribution in [-0.2, 0) is 0 Å². The summed E-state index contributed by atoms with van der Waals surface area (Å²) in [5.74, 6) is 0. The Morgan fingerprint density at radius 1 is 0.342 bits per heavy atom. The SMILES string of the molecule is Cc1ccccc1/C=C/c1ccc2ccccc2c1-c1c(/C=C/c2ccccc2C)ccc2ccccc12. The smallest absolute Gasteiger partial charge is 0.00206 e. The highest BCUT2D eigenvalue weighted by Crippen LogP contribution is 2.40. The average Bonchev–Trinajstić information content (AvgIpc) is 2.96. The van der Waals surface area contributed by atoms with E-state index in [0.717, 1.165) is 0 Å². The van der Waals surface area contributed by atoms with E-state index in [0.29, 0.717) is 0 Å². The van der Waals surface area contributed by atoms with Gasteiger partial charge in [0.2, 0.25) is 0 Å². The summed E-state index contributed by atoms with van der Waals surface area (Å²) in [7, 11) is 0. The zero-order valence-corrected chi connectivity index (χ0v) is 21.9. The summed E-state index contributed by atoms with van der Waals surface area (Å²) in [6, 6.07) is 43.6. The van der Waals surface area contributed by atoms with Crippen molar-refractivity contribution in [1.82, 2.24) is 0 Å². The Balaban J connectivity index is 1.64. The van der Waals surface area contributed by atoms with Gasteiger partial charge in [0.05, 0.1) is 0 Å². The van der Waals surface area contributed by atoms with Crippen LogP contribution in [0.3, 0.4) is 0 Å². The van der Waals surface area contributed by atoms with Gasteiger partial charge in [-0.25, -0.2) is 0 Å². The molecule has 0 nitrogen and oxygen atoms in total. The molecule has 0 aliphatic carbocycles. The van der Waals surface area contributed by atoms with Crippen LogP contribution in [-0.4, -0.2) is 0 Å².